The highest BCUT2D eigenvalue weighted by Crippen LogP contribution is 2.25. The van der Waals surface area contributed by atoms with E-state index in [1.165, 1.54) is 18.1 Å². The first kappa shape index (κ1) is 14.1. The molecular weight excluding hydrogens is 266 g/mol. The molecule has 2 heterocycles. The lowest BCUT2D eigenvalue weighted by Crippen LogP contribution is -2.43. The molecule has 104 valence electrons. The lowest BCUT2D eigenvalue weighted by atomic mass is 10.0. The molecule has 1 saturated heterocycles. The Kier molecular flexibility index (Phi) is 4.60. The van der Waals surface area contributed by atoms with Gasteiger partial charge in [-0.25, -0.2) is 9.97 Å². The number of nitrogens with zero attached hydrogens (tertiary/aromatic N) is 3. The monoisotopic (exact) mass is 283 g/mol. The lowest BCUT2D eigenvalue weighted by Gasteiger charge is -2.30. The Hall–Kier alpha value is -1.34. The summed E-state index contributed by atoms with van der Waals surface area (Å²) in [5.74, 6) is -0.573. The lowest BCUT2D eigenvalue weighted by molar-refractivity contribution is -0.141. The molecule has 0 amide bonds. The maximum absolute atomic E-state index is 11.2. The second kappa shape index (κ2) is 6.21. The highest BCUT2D eigenvalue weighted by Gasteiger charge is 2.38. The van der Waals surface area contributed by atoms with Crippen molar-refractivity contribution in [3.05, 3.63) is 12.4 Å². The molecule has 0 aromatic carbocycles. The zero-order chi connectivity index (χ0) is 13.8. The Morgan fingerprint density at radius 3 is 3.00 bits per heavy atom. The van der Waals surface area contributed by atoms with Gasteiger partial charge in [-0.1, -0.05) is 0 Å². The normalized spacial score (nSPS) is 22.4. The van der Waals surface area contributed by atoms with E-state index in [1.54, 1.807) is 0 Å². The van der Waals surface area contributed by atoms with Crippen LogP contribution < -0.4 is 4.90 Å². The predicted molar refractivity (Wildman–Crippen MR) is 72.6 cm³/mol. The number of hydrogen-bond donors (Lipinski definition) is 1. The van der Waals surface area contributed by atoms with Gasteiger partial charge in [0, 0.05) is 12.6 Å². The quantitative estimate of drug-likeness (QED) is 0.641. The molecule has 1 aromatic heterocycles. The molecule has 2 atom stereocenters. The van der Waals surface area contributed by atoms with Crippen molar-refractivity contribution < 1.29 is 14.6 Å². The average Bonchev–Trinajstić information content (AvgIpc) is 2.89. The number of hydrogen-bond acceptors (Lipinski definition) is 6. The van der Waals surface area contributed by atoms with E-state index in [1.807, 2.05) is 24.1 Å². The third-order valence-corrected chi connectivity index (χ3v) is 3.88. The number of likely N-dealkylation sites (N-methyl/N-ethyl adjacent to an activating group) is 1. The van der Waals surface area contributed by atoms with E-state index in [-0.39, 0.29) is 12.6 Å². The molecule has 0 saturated carbocycles. The van der Waals surface area contributed by atoms with Crippen LogP contribution in [-0.2, 0) is 9.53 Å². The van der Waals surface area contributed by atoms with Crippen LogP contribution in [0.3, 0.4) is 0 Å². The van der Waals surface area contributed by atoms with Crippen LogP contribution in [0.4, 0.5) is 5.82 Å². The minimum Gasteiger partial charge on any atom is -0.481 e. The molecule has 1 aliphatic rings. The fourth-order valence-corrected chi connectivity index (χ4v) is 2.63. The zero-order valence-electron chi connectivity index (χ0n) is 10.9. The molecule has 19 heavy (non-hydrogen) atoms. The highest BCUT2D eigenvalue weighted by atomic mass is 32.2. The fraction of sp³-hybridized carbons (Fsp3) is 0.583. The van der Waals surface area contributed by atoms with Crippen LogP contribution in [0.15, 0.2) is 17.4 Å². The predicted octanol–water partition coefficient (Wildman–Crippen LogP) is 1.12. The molecule has 1 fully saturated rings. The summed E-state index contributed by atoms with van der Waals surface area (Å²) >= 11 is 1.54. The first-order valence-electron chi connectivity index (χ1n) is 6.10. The van der Waals surface area contributed by atoms with Crippen molar-refractivity contribution in [3.8, 4) is 0 Å². The van der Waals surface area contributed by atoms with E-state index in [0.717, 1.165) is 10.8 Å². The smallest absolute Gasteiger partial charge is 0.311 e. The van der Waals surface area contributed by atoms with Crippen molar-refractivity contribution in [2.75, 3.05) is 30.9 Å². The Morgan fingerprint density at radius 1 is 1.58 bits per heavy atom. The van der Waals surface area contributed by atoms with Crippen molar-refractivity contribution in [2.24, 2.45) is 5.92 Å². The number of anilines is 1. The fourth-order valence-electron chi connectivity index (χ4n) is 2.25. The van der Waals surface area contributed by atoms with Crippen LogP contribution in [-0.4, -0.2) is 53.1 Å². The summed E-state index contributed by atoms with van der Waals surface area (Å²) in [5, 5.41) is 10.1. The number of carboxylic acids is 1. The number of aromatic nitrogens is 2. The van der Waals surface area contributed by atoms with Crippen molar-refractivity contribution in [1.82, 2.24) is 9.97 Å². The SMILES string of the molecule is CCN(c1cc(SC)ncn1)C1COCC1C(=O)O. The van der Waals surface area contributed by atoms with Gasteiger partial charge in [0.25, 0.3) is 0 Å². The minimum absolute atomic E-state index is 0.174. The molecule has 2 rings (SSSR count). The van der Waals surface area contributed by atoms with Gasteiger partial charge in [-0.2, -0.15) is 0 Å². The third-order valence-electron chi connectivity index (χ3n) is 3.24. The first-order valence-corrected chi connectivity index (χ1v) is 7.33. The number of ether oxygens (including phenoxy) is 1. The molecule has 1 N–H and O–H groups in total. The van der Waals surface area contributed by atoms with Crippen LogP contribution in [0.2, 0.25) is 0 Å². The summed E-state index contributed by atoms with van der Waals surface area (Å²) in [5.41, 5.74) is 0. The molecule has 2 unspecified atom stereocenters. The molecule has 0 bridgehead atoms. The summed E-state index contributed by atoms with van der Waals surface area (Å²) in [6, 6.07) is 1.71. The van der Waals surface area contributed by atoms with E-state index in [9.17, 15) is 9.90 Å². The van der Waals surface area contributed by atoms with Gasteiger partial charge in [0.15, 0.2) is 0 Å². The van der Waals surface area contributed by atoms with Gasteiger partial charge in [-0.3, -0.25) is 4.79 Å². The molecule has 6 nitrogen and oxygen atoms in total. The van der Waals surface area contributed by atoms with E-state index < -0.39 is 11.9 Å². The summed E-state index contributed by atoms with van der Waals surface area (Å²) in [6.45, 7) is 3.35. The standard InChI is InChI=1S/C12H17N3O3S/c1-3-15(9-6-18-5-8(9)12(16)17)10-4-11(19-2)14-7-13-10/h4,7-9H,3,5-6H2,1-2H3,(H,16,17). The van der Waals surface area contributed by atoms with Gasteiger partial charge in [0.1, 0.15) is 23.1 Å². The second-order valence-corrected chi connectivity index (χ2v) is 5.08. The molecule has 1 aromatic rings. The molecule has 0 radical (unpaired) electrons. The van der Waals surface area contributed by atoms with Gasteiger partial charge in [0.05, 0.1) is 19.3 Å². The van der Waals surface area contributed by atoms with Gasteiger partial charge >= 0.3 is 5.97 Å². The van der Waals surface area contributed by atoms with E-state index in [4.69, 9.17) is 4.74 Å². The van der Waals surface area contributed by atoms with Crippen LogP contribution in [0.5, 0.6) is 0 Å². The third kappa shape index (κ3) is 2.98. The van der Waals surface area contributed by atoms with Gasteiger partial charge in [0.2, 0.25) is 0 Å². The number of carbonyl (C=O) groups is 1. The van der Waals surface area contributed by atoms with Crippen LogP contribution in [0.25, 0.3) is 0 Å². The number of thioether (sulfide) groups is 1. The van der Waals surface area contributed by atoms with Crippen molar-refractivity contribution in [2.45, 2.75) is 18.0 Å². The maximum atomic E-state index is 11.2. The van der Waals surface area contributed by atoms with Gasteiger partial charge in [-0.15, -0.1) is 11.8 Å². The molecule has 1 aliphatic heterocycles. The Labute approximate surface area is 116 Å². The van der Waals surface area contributed by atoms with Crippen LogP contribution >= 0.6 is 11.8 Å². The number of rotatable bonds is 5. The molecule has 7 heteroatoms. The topological polar surface area (TPSA) is 75.5 Å². The molecular formula is C12H17N3O3S. The minimum atomic E-state index is -0.819. The Bertz CT molecular complexity index is 458. The number of aliphatic carboxylic acids is 1. The maximum Gasteiger partial charge on any atom is 0.311 e. The van der Waals surface area contributed by atoms with Crippen LogP contribution in [0.1, 0.15) is 6.92 Å². The Morgan fingerprint density at radius 2 is 2.37 bits per heavy atom. The van der Waals surface area contributed by atoms with Crippen LogP contribution in [0, 0.1) is 5.92 Å². The summed E-state index contributed by atoms with van der Waals surface area (Å²) in [6.07, 6.45) is 3.45. The Balaban J connectivity index is 2.25. The second-order valence-electron chi connectivity index (χ2n) is 4.25. The summed E-state index contributed by atoms with van der Waals surface area (Å²) in [7, 11) is 0. The van der Waals surface area contributed by atoms with Crippen molar-refractivity contribution >= 4 is 23.5 Å². The van der Waals surface area contributed by atoms with E-state index in [0.29, 0.717) is 13.2 Å². The summed E-state index contributed by atoms with van der Waals surface area (Å²) < 4.78 is 5.32. The van der Waals surface area contributed by atoms with Gasteiger partial charge < -0.3 is 14.7 Å². The summed E-state index contributed by atoms with van der Waals surface area (Å²) in [4.78, 5) is 21.6. The van der Waals surface area contributed by atoms with Gasteiger partial charge in [-0.05, 0) is 13.2 Å². The highest BCUT2D eigenvalue weighted by molar-refractivity contribution is 7.98. The molecule has 0 aliphatic carbocycles. The van der Waals surface area contributed by atoms with E-state index in [2.05, 4.69) is 9.97 Å². The van der Waals surface area contributed by atoms with Crippen molar-refractivity contribution in [3.63, 3.8) is 0 Å². The molecule has 0 spiro atoms. The first-order chi connectivity index (χ1) is 9.17. The number of carboxylic acid groups (broad SMARTS) is 1. The average molecular weight is 283 g/mol. The largest absolute Gasteiger partial charge is 0.481 e. The van der Waals surface area contributed by atoms with E-state index >= 15 is 0 Å². The van der Waals surface area contributed by atoms with Crippen molar-refractivity contribution in [1.29, 1.82) is 0 Å². The zero-order valence-corrected chi connectivity index (χ0v) is 11.8.